The third kappa shape index (κ3) is 2.36. The van der Waals surface area contributed by atoms with Crippen molar-refractivity contribution in [3.05, 3.63) is 47.8 Å². The van der Waals surface area contributed by atoms with Gasteiger partial charge in [0.25, 0.3) is 0 Å². The molecule has 2 rings (SSSR count). The second-order valence-corrected chi connectivity index (χ2v) is 4.06. The summed E-state index contributed by atoms with van der Waals surface area (Å²) in [5, 5.41) is 3.48. The molecule has 17 heavy (non-hydrogen) atoms. The zero-order chi connectivity index (χ0) is 12.3. The van der Waals surface area contributed by atoms with Crippen LogP contribution in [-0.2, 0) is 7.05 Å². The lowest BCUT2D eigenvalue weighted by Crippen LogP contribution is -2.24. The number of imidazole rings is 1. The minimum atomic E-state index is 0.175. The topological polar surface area (TPSA) is 42.7 Å². The maximum Gasteiger partial charge on any atom is 0.105 e. The first-order valence-electron chi connectivity index (χ1n) is 5.85. The Morgan fingerprint density at radius 2 is 2.06 bits per heavy atom. The van der Waals surface area contributed by atoms with Crippen LogP contribution in [-0.4, -0.2) is 21.1 Å². The normalized spacial score (nSPS) is 12.6. The average molecular weight is 230 g/mol. The molecule has 0 saturated carbocycles. The predicted molar refractivity (Wildman–Crippen MR) is 67.7 cm³/mol. The molecule has 4 heteroatoms. The Kier molecular flexibility index (Phi) is 3.54. The van der Waals surface area contributed by atoms with Crippen molar-refractivity contribution in [2.75, 3.05) is 6.54 Å². The fourth-order valence-corrected chi connectivity index (χ4v) is 1.94. The first kappa shape index (κ1) is 11.8. The fraction of sp³-hybridized carbons (Fsp3) is 0.385. The molecule has 1 unspecified atom stereocenters. The molecule has 0 aromatic carbocycles. The third-order valence-electron chi connectivity index (χ3n) is 3.00. The molecular weight excluding hydrogens is 212 g/mol. The molecular formula is C13H18N4. The second kappa shape index (κ2) is 5.10. The zero-order valence-electron chi connectivity index (χ0n) is 10.5. The number of aryl methyl sites for hydroxylation is 1. The van der Waals surface area contributed by atoms with Crippen LogP contribution in [0.2, 0.25) is 0 Å². The van der Waals surface area contributed by atoms with Gasteiger partial charge in [0.05, 0.1) is 17.9 Å². The van der Waals surface area contributed by atoms with E-state index in [1.54, 1.807) is 0 Å². The molecule has 4 nitrogen and oxygen atoms in total. The Hall–Kier alpha value is -1.68. The molecule has 0 aliphatic carbocycles. The molecule has 2 aromatic heterocycles. The quantitative estimate of drug-likeness (QED) is 0.871. The van der Waals surface area contributed by atoms with Gasteiger partial charge in [0.15, 0.2) is 0 Å². The summed E-state index contributed by atoms with van der Waals surface area (Å²) in [7, 11) is 2.04. The van der Waals surface area contributed by atoms with Crippen molar-refractivity contribution < 1.29 is 0 Å². The van der Waals surface area contributed by atoms with E-state index in [0.717, 1.165) is 12.4 Å². The van der Waals surface area contributed by atoms with Gasteiger partial charge < -0.3 is 9.88 Å². The van der Waals surface area contributed by atoms with E-state index in [1.165, 1.54) is 11.3 Å². The second-order valence-electron chi connectivity index (χ2n) is 4.06. The van der Waals surface area contributed by atoms with E-state index in [-0.39, 0.29) is 6.04 Å². The summed E-state index contributed by atoms with van der Waals surface area (Å²) in [5.74, 6) is 1.02. The Morgan fingerprint density at radius 3 is 2.59 bits per heavy atom. The molecule has 0 aliphatic rings. The van der Waals surface area contributed by atoms with Gasteiger partial charge in [-0.05, 0) is 31.2 Å². The summed E-state index contributed by atoms with van der Waals surface area (Å²) in [4.78, 5) is 8.41. The number of hydrogen-bond acceptors (Lipinski definition) is 3. The molecule has 1 N–H and O–H groups in total. The lowest BCUT2D eigenvalue weighted by atomic mass is 10.1. The van der Waals surface area contributed by atoms with Crippen LogP contribution in [0.15, 0.2) is 30.7 Å². The summed E-state index contributed by atoms with van der Waals surface area (Å²) >= 11 is 0. The van der Waals surface area contributed by atoms with Gasteiger partial charge in [0.2, 0.25) is 0 Å². The van der Waals surface area contributed by atoms with E-state index in [4.69, 9.17) is 0 Å². The minimum Gasteiger partial charge on any atom is -0.334 e. The Bertz CT molecular complexity index is 475. The van der Waals surface area contributed by atoms with E-state index in [9.17, 15) is 0 Å². The van der Waals surface area contributed by atoms with Crippen molar-refractivity contribution in [3.63, 3.8) is 0 Å². The van der Waals surface area contributed by atoms with Crippen LogP contribution >= 0.6 is 0 Å². The largest absolute Gasteiger partial charge is 0.334 e. The summed E-state index contributed by atoms with van der Waals surface area (Å²) in [6, 6.07) is 4.25. The van der Waals surface area contributed by atoms with Crippen LogP contribution in [0.5, 0.6) is 0 Å². The first-order chi connectivity index (χ1) is 8.24. The van der Waals surface area contributed by atoms with Gasteiger partial charge >= 0.3 is 0 Å². The summed E-state index contributed by atoms with van der Waals surface area (Å²) < 4.78 is 2.12. The highest BCUT2D eigenvalue weighted by molar-refractivity contribution is 5.26. The van der Waals surface area contributed by atoms with E-state index < -0.39 is 0 Å². The lowest BCUT2D eigenvalue weighted by molar-refractivity contribution is 0.589. The smallest absolute Gasteiger partial charge is 0.105 e. The maximum absolute atomic E-state index is 4.35. The highest BCUT2D eigenvalue weighted by Crippen LogP contribution is 2.21. The lowest BCUT2D eigenvalue weighted by Gasteiger charge is -2.19. The number of pyridine rings is 1. The number of nitrogens with one attached hydrogen (secondary N) is 1. The summed E-state index contributed by atoms with van der Waals surface area (Å²) in [5.41, 5.74) is 2.39. The van der Waals surface area contributed by atoms with Crippen LogP contribution in [0, 0.1) is 6.92 Å². The molecule has 0 spiro atoms. The van der Waals surface area contributed by atoms with Gasteiger partial charge in [0.1, 0.15) is 5.82 Å². The van der Waals surface area contributed by atoms with Crippen molar-refractivity contribution in [3.8, 4) is 0 Å². The van der Waals surface area contributed by atoms with Gasteiger partial charge in [0, 0.05) is 19.4 Å². The molecule has 0 fully saturated rings. The minimum absolute atomic E-state index is 0.175. The molecule has 2 heterocycles. The van der Waals surface area contributed by atoms with E-state index in [1.807, 2.05) is 44.7 Å². The van der Waals surface area contributed by atoms with Gasteiger partial charge in [-0.15, -0.1) is 0 Å². The molecule has 2 aromatic rings. The maximum atomic E-state index is 4.35. The Labute approximate surface area is 102 Å². The predicted octanol–water partition coefficient (Wildman–Crippen LogP) is 1.82. The van der Waals surface area contributed by atoms with Gasteiger partial charge in [-0.3, -0.25) is 4.98 Å². The van der Waals surface area contributed by atoms with Gasteiger partial charge in [-0.2, -0.15) is 0 Å². The van der Waals surface area contributed by atoms with E-state index in [0.29, 0.717) is 0 Å². The molecule has 1 atom stereocenters. The van der Waals surface area contributed by atoms with E-state index >= 15 is 0 Å². The van der Waals surface area contributed by atoms with Gasteiger partial charge in [-0.1, -0.05) is 6.92 Å². The summed E-state index contributed by atoms with van der Waals surface area (Å²) in [6.45, 7) is 5.04. The standard InChI is InChI=1S/C13H18N4/c1-4-15-13(11-5-7-14-8-6-11)12-9-16-10(2)17(12)3/h5-9,13,15H,4H2,1-3H3. The summed E-state index contributed by atoms with van der Waals surface area (Å²) in [6.07, 6.45) is 5.58. The molecule has 0 bridgehead atoms. The molecule has 90 valence electrons. The van der Waals surface area contributed by atoms with Crippen molar-refractivity contribution in [2.45, 2.75) is 19.9 Å². The molecule has 0 radical (unpaired) electrons. The van der Waals surface area contributed by atoms with Crippen LogP contribution < -0.4 is 5.32 Å². The van der Waals surface area contributed by atoms with E-state index in [2.05, 4.69) is 26.8 Å². The van der Waals surface area contributed by atoms with Crippen molar-refractivity contribution in [2.24, 2.45) is 7.05 Å². The number of hydrogen-bond donors (Lipinski definition) is 1. The van der Waals surface area contributed by atoms with Crippen LogP contribution in [0.1, 0.15) is 30.0 Å². The van der Waals surface area contributed by atoms with Gasteiger partial charge in [-0.25, -0.2) is 4.98 Å². The Morgan fingerprint density at radius 1 is 1.35 bits per heavy atom. The average Bonchev–Trinajstić information content (AvgIpc) is 2.69. The molecule has 0 saturated heterocycles. The van der Waals surface area contributed by atoms with Crippen LogP contribution in [0.4, 0.5) is 0 Å². The van der Waals surface area contributed by atoms with Crippen molar-refractivity contribution >= 4 is 0 Å². The van der Waals surface area contributed by atoms with Crippen LogP contribution in [0.25, 0.3) is 0 Å². The first-order valence-corrected chi connectivity index (χ1v) is 5.85. The highest BCUT2D eigenvalue weighted by atomic mass is 15.1. The third-order valence-corrected chi connectivity index (χ3v) is 3.00. The Balaban J connectivity index is 2.39. The number of rotatable bonds is 4. The van der Waals surface area contributed by atoms with Crippen LogP contribution in [0.3, 0.4) is 0 Å². The SMILES string of the molecule is CCNC(c1ccncc1)c1cnc(C)n1C. The number of aromatic nitrogens is 3. The molecule has 0 aliphatic heterocycles. The molecule has 0 amide bonds. The fourth-order valence-electron chi connectivity index (χ4n) is 1.94. The number of nitrogens with zero attached hydrogens (tertiary/aromatic N) is 3. The van der Waals surface area contributed by atoms with Crippen molar-refractivity contribution in [1.82, 2.24) is 19.9 Å². The highest BCUT2D eigenvalue weighted by Gasteiger charge is 2.16. The van der Waals surface area contributed by atoms with Crippen molar-refractivity contribution in [1.29, 1.82) is 0 Å². The zero-order valence-corrected chi connectivity index (χ0v) is 10.5. The monoisotopic (exact) mass is 230 g/mol.